The van der Waals surface area contributed by atoms with Gasteiger partial charge in [-0.3, -0.25) is 4.31 Å². The third-order valence-electron chi connectivity index (χ3n) is 4.00. The number of rotatable bonds is 6. The number of hydrogen-bond donors (Lipinski definition) is 2. The number of nitrogens with one attached hydrogen (secondary N) is 2. The standard InChI is InChI=1S/C17H21N3O4S/c1-2-10-25(22,23)20-8-7-13-5-6-14(11-16(13)20)19-17(21)18-12-15-4-3-9-24-15/h3-6,9,11H,2,7-8,10,12H2,1H3,(H2,18,19,21). The molecule has 2 aromatic rings. The molecule has 0 spiro atoms. The molecule has 3 rings (SSSR count). The molecule has 2 heterocycles. The molecule has 0 saturated carbocycles. The minimum absolute atomic E-state index is 0.119. The van der Waals surface area contributed by atoms with Gasteiger partial charge in [0.15, 0.2) is 0 Å². The van der Waals surface area contributed by atoms with Gasteiger partial charge < -0.3 is 15.1 Å². The van der Waals surface area contributed by atoms with Crippen molar-refractivity contribution < 1.29 is 17.6 Å². The van der Waals surface area contributed by atoms with Crippen molar-refractivity contribution in [3.8, 4) is 0 Å². The number of benzene rings is 1. The third-order valence-corrected chi connectivity index (χ3v) is 5.97. The molecule has 25 heavy (non-hydrogen) atoms. The van der Waals surface area contributed by atoms with Gasteiger partial charge in [0.25, 0.3) is 0 Å². The molecule has 0 unspecified atom stereocenters. The maximum Gasteiger partial charge on any atom is 0.319 e. The molecule has 2 amide bonds. The number of hydrogen-bond acceptors (Lipinski definition) is 4. The fourth-order valence-electron chi connectivity index (χ4n) is 2.84. The lowest BCUT2D eigenvalue weighted by molar-refractivity contribution is 0.251. The van der Waals surface area contributed by atoms with Gasteiger partial charge in [0, 0.05) is 12.2 Å². The van der Waals surface area contributed by atoms with Crippen molar-refractivity contribution in [3.05, 3.63) is 47.9 Å². The number of carbonyl (C=O) groups is 1. The van der Waals surface area contributed by atoms with Gasteiger partial charge >= 0.3 is 6.03 Å². The van der Waals surface area contributed by atoms with Gasteiger partial charge in [-0.25, -0.2) is 13.2 Å². The molecule has 2 N–H and O–H groups in total. The van der Waals surface area contributed by atoms with E-state index in [9.17, 15) is 13.2 Å². The number of fused-ring (bicyclic) bond motifs is 1. The van der Waals surface area contributed by atoms with Gasteiger partial charge in [0.1, 0.15) is 5.76 Å². The lowest BCUT2D eigenvalue weighted by Crippen LogP contribution is -2.31. The van der Waals surface area contributed by atoms with Crippen molar-refractivity contribution >= 4 is 27.4 Å². The SMILES string of the molecule is CCCS(=O)(=O)N1CCc2ccc(NC(=O)NCc3ccco3)cc21. The first-order valence-corrected chi connectivity index (χ1v) is 9.81. The fourth-order valence-corrected chi connectivity index (χ4v) is 4.42. The van der Waals surface area contributed by atoms with Crippen molar-refractivity contribution in [1.29, 1.82) is 0 Å². The molecule has 1 aliphatic heterocycles. The number of carbonyl (C=O) groups excluding carboxylic acids is 1. The predicted octanol–water partition coefficient (Wildman–Crippen LogP) is 2.70. The number of amides is 2. The first kappa shape index (κ1) is 17.3. The highest BCUT2D eigenvalue weighted by molar-refractivity contribution is 7.92. The number of anilines is 2. The molecule has 0 bridgehead atoms. The Labute approximate surface area is 147 Å². The van der Waals surface area contributed by atoms with E-state index in [1.165, 1.54) is 4.31 Å². The Morgan fingerprint density at radius 3 is 2.88 bits per heavy atom. The van der Waals surface area contributed by atoms with E-state index in [0.29, 0.717) is 36.5 Å². The molecule has 0 atom stereocenters. The maximum atomic E-state index is 12.4. The Kier molecular flexibility index (Phi) is 4.98. The summed E-state index contributed by atoms with van der Waals surface area (Å²) in [5.41, 5.74) is 2.17. The predicted molar refractivity (Wildman–Crippen MR) is 96.1 cm³/mol. The number of urea groups is 1. The van der Waals surface area contributed by atoms with E-state index in [-0.39, 0.29) is 18.3 Å². The van der Waals surface area contributed by atoms with Crippen LogP contribution in [0.1, 0.15) is 24.7 Å². The van der Waals surface area contributed by atoms with Crippen LogP contribution in [0.2, 0.25) is 0 Å². The molecule has 8 heteroatoms. The molecule has 0 saturated heterocycles. The summed E-state index contributed by atoms with van der Waals surface area (Å²) in [5.74, 6) is 0.772. The molecular formula is C17H21N3O4S. The van der Waals surface area contributed by atoms with E-state index in [4.69, 9.17) is 4.42 Å². The number of sulfonamides is 1. The van der Waals surface area contributed by atoms with Gasteiger partial charge in [-0.05, 0) is 42.7 Å². The summed E-state index contributed by atoms with van der Waals surface area (Å²) in [7, 11) is -3.32. The van der Waals surface area contributed by atoms with Crippen LogP contribution in [0.5, 0.6) is 0 Å². The van der Waals surface area contributed by atoms with Crippen LogP contribution in [-0.2, 0) is 23.0 Å². The van der Waals surface area contributed by atoms with Crippen LogP contribution in [-0.4, -0.2) is 26.7 Å². The quantitative estimate of drug-likeness (QED) is 0.825. The van der Waals surface area contributed by atoms with E-state index in [2.05, 4.69) is 10.6 Å². The highest BCUT2D eigenvalue weighted by atomic mass is 32.2. The first-order valence-electron chi connectivity index (χ1n) is 8.20. The smallest absolute Gasteiger partial charge is 0.319 e. The Hall–Kier alpha value is -2.48. The molecule has 0 fully saturated rings. The molecule has 7 nitrogen and oxygen atoms in total. The zero-order valence-corrected chi connectivity index (χ0v) is 14.8. The Morgan fingerprint density at radius 2 is 2.16 bits per heavy atom. The Balaban J connectivity index is 1.69. The lowest BCUT2D eigenvalue weighted by atomic mass is 10.1. The van der Waals surface area contributed by atoms with E-state index in [1.807, 2.05) is 13.0 Å². The van der Waals surface area contributed by atoms with Crippen LogP contribution in [0.3, 0.4) is 0 Å². The number of nitrogens with zero attached hydrogens (tertiary/aromatic N) is 1. The molecule has 1 aromatic heterocycles. The lowest BCUT2D eigenvalue weighted by Gasteiger charge is -2.19. The third kappa shape index (κ3) is 3.96. The Morgan fingerprint density at radius 1 is 1.32 bits per heavy atom. The summed E-state index contributed by atoms with van der Waals surface area (Å²) in [4.78, 5) is 12.0. The topological polar surface area (TPSA) is 91.7 Å². The summed E-state index contributed by atoms with van der Waals surface area (Å²) in [5, 5.41) is 5.41. The first-order chi connectivity index (χ1) is 12.0. The minimum Gasteiger partial charge on any atom is -0.467 e. The molecule has 0 radical (unpaired) electrons. The second-order valence-electron chi connectivity index (χ2n) is 5.87. The van der Waals surface area contributed by atoms with Crippen molar-refractivity contribution in [2.75, 3.05) is 21.9 Å². The van der Waals surface area contributed by atoms with Crippen molar-refractivity contribution in [2.24, 2.45) is 0 Å². The molecule has 0 aliphatic carbocycles. The van der Waals surface area contributed by atoms with Crippen LogP contribution >= 0.6 is 0 Å². The van der Waals surface area contributed by atoms with Gasteiger partial charge in [0.2, 0.25) is 10.0 Å². The molecule has 134 valence electrons. The van der Waals surface area contributed by atoms with Gasteiger partial charge in [0.05, 0.1) is 24.2 Å². The highest BCUT2D eigenvalue weighted by Gasteiger charge is 2.28. The van der Waals surface area contributed by atoms with Gasteiger partial charge in [-0.1, -0.05) is 13.0 Å². The normalized spacial score (nSPS) is 13.6. The van der Waals surface area contributed by atoms with E-state index < -0.39 is 10.0 Å². The Bertz CT molecular complexity index is 847. The van der Waals surface area contributed by atoms with E-state index in [0.717, 1.165) is 5.56 Å². The minimum atomic E-state index is -3.32. The van der Waals surface area contributed by atoms with Crippen molar-refractivity contribution in [3.63, 3.8) is 0 Å². The summed E-state index contributed by atoms with van der Waals surface area (Å²) in [6, 6.07) is 8.49. The molecular weight excluding hydrogens is 342 g/mol. The van der Waals surface area contributed by atoms with Crippen molar-refractivity contribution in [2.45, 2.75) is 26.3 Å². The van der Waals surface area contributed by atoms with Crippen LogP contribution in [0.15, 0.2) is 41.0 Å². The highest BCUT2D eigenvalue weighted by Crippen LogP contribution is 2.33. The van der Waals surface area contributed by atoms with E-state index >= 15 is 0 Å². The summed E-state index contributed by atoms with van der Waals surface area (Å²) in [6.07, 6.45) is 2.80. The van der Waals surface area contributed by atoms with Gasteiger partial charge in [-0.15, -0.1) is 0 Å². The maximum absolute atomic E-state index is 12.4. The average molecular weight is 363 g/mol. The monoisotopic (exact) mass is 363 g/mol. The molecule has 1 aromatic carbocycles. The average Bonchev–Trinajstić information content (AvgIpc) is 3.22. The van der Waals surface area contributed by atoms with Gasteiger partial charge in [-0.2, -0.15) is 0 Å². The summed E-state index contributed by atoms with van der Waals surface area (Å²) in [6.45, 7) is 2.57. The molecule has 1 aliphatic rings. The summed E-state index contributed by atoms with van der Waals surface area (Å²) >= 11 is 0. The van der Waals surface area contributed by atoms with Crippen LogP contribution in [0.25, 0.3) is 0 Å². The van der Waals surface area contributed by atoms with Crippen LogP contribution < -0.4 is 14.9 Å². The van der Waals surface area contributed by atoms with Crippen molar-refractivity contribution in [1.82, 2.24) is 5.32 Å². The zero-order chi connectivity index (χ0) is 17.9. The van der Waals surface area contributed by atoms with Crippen LogP contribution in [0.4, 0.5) is 16.2 Å². The second-order valence-corrected chi connectivity index (χ2v) is 7.88. The van der Waals surface area contributed by atoms with Crippen LogP contribution in [0, 0.1) is 0 Å². The zero-order valence-electron chi connectivity index (χ0n) is 14.0. The van der Waals surface area contributed by atoms with E-state index in [1.54, 1.807) is 30.5 Å². The summed E-state index contributed by atoms with van der Waals surface area (Å²) < 4.78 is 31.4. The fraction of sp³-hybridized carbons (Fsp3) is 0.353. The second kappa shape index (κ2) is 7.18. The largest absolute Gasteiger partial charge is 0.467 e. The number of furan rings is 1.